The molecule has 25 heteroatoms. The molecule has 11 rings (SSSR count). The maximum atomic E-state index is 14.0. The number of carboxylic acids is 1. The van der Waals surface area contributed by atoms with Crippen LogP contribution in [0.3, 0.4) is 0 Å². The number of pyridine rings is 1. The molecule has 105 heavy (non-hydrogen) atoms. The summed E-state index contributed by atoms with van der Waals surface area (Å²) in [5.41, 5.74) is 7.38. The van der Waals surface area contributed by atoms with Crippen LogP contribution in [0.15, 0.2) is 176 Å². The topological polar surface area (TPSA) is 287 Å². The van der Waals surface area contributed by atoms with Crippen molar-refractivity contribution >= 4 is 79.5 Å². The maximum absolute atomic E-state index is 14.0. The first kappa shape index (κ1) is 78.6. The molecule has 0 bridgehead atoms. The molecule has 0 unspecified atom stereocenters. The first-order valence-electron chi connectivity index (χ1n) is 34.9. The molecular weight excluding hydrogens is 1350 g/mol. The Hall–Kier alpha value is -10.5. The van der Waals surface area contributed by atoms with E-state index >= 15 is 0 Å². The largest absolute Gasteiger partial charge is 0.478 e. The van der Waals surface area contributed by atoms with E-state index in [0.29, 0.717) is 125 Å². The van der Waals surface area contributed by atoms with Crippen LogP contribution in [0.2, 0.25) is 0 Å². The zero-order valence-electron chi connectivity index (χ0n) is 59.1. The molecule has 0 saturated carbocycles. The van der Waals surface area contributed by atoms with Gasteiger partial charge in [-0.25, -0.2) is 4.79 Å². The number of alkyl halides is 3. The van der Waals surface area contributed by atoms with Gasteiger partial charge < -0.3 is 74.0 Å². The second kappa shape index (κ2) is 39.4. The number of hydrogen-bond acceptors (Lipinski definition) is 15. The minimum Gasteiger partial charge on any atom is -0.478 e. The van der Waals surface area contributed by atoms with Crippen LogP contribution < -0.4 is 20.9 Å². The monoisotopic (exact) mass is 1440 g/mol. The fourth-order valence-electron chi connectivity index (χ4n) is 11.7. The summed E-state index contributed by atoms with van der Waals surface area (Å²) in [6.45, 7) is 11.8. The number of ketones is 1. The Bertz CT molecular complexity index is 4520. The number of aromatic carboxylic acids is 1. The van der Waals surface area contributed by atoms with Gasteiger partial charge >= 0.3 is 18.1 Å². The number of amides is 3. The normalized spacial score (nSPS) is 12.3. The minimum atomic E-state index is -4.50. The smallest absolute Gasteiger partial charge is 0.416 e. The summed E-state index contributed by atoms with van der Waals surface area (Å²) in [6, 6.07) is 43.0. The average Bonchev–Trinajstić information content (AvgIpc) is 1.78. The first-order chi connectivity index (χ1) is 50.7. The summed E-state index contributed by atoms with van der Waals surface area (Å²) >= 11 is 0. The van der Waals surface area contributed by atoms with Gasteiger partial charge in [0, 0.05) is 137 Å². The Labute approximate surface area is 606 Å². The number of ether oxygens (including phenoxy) is 6. The zero-order valence-corrected chi connectivity index (χ0v) is 59.1. The van der Waals surface area contributed by atoms with Crippen LogP contribution in [-0.2, 0) is 52.5 Å². The van der Waals surface area contributed by atoms with Gasteiger partial charge in [0.25, 0.3) is 17.7 Å². The highest BCUT2D eigenvalue weighted by molar-refractivity contribution is 6.09. The SMILES string of the molecule is CC(C)(C)OC(=O)CCOCCOCCOCCCC(=O)c1cccc2[nH]ccc12.O=C(NCc1cccc(C(F)(F)F)c1)c1ccnc(-c2cc(N3CCCCC3)ccc2NC(=O)c2cccc(Cn3ccc4c(C(=O)NCCOCCOCCO)cccc43)c2)c1.O=C(O)c1cccc2[nH]ccc12. The van der Waals surface area contributed by atoms with Crippen molar-refractivity contribution in [3.05, 3.63) is 221 Å². The van der Waals surface area contributed by atoms with E-state index in [9.17, 15) is 41.9 Å². The lowest BCUT2D eigenvalue weighted by Crippen LogP contribution is -2.29. The third-order valence-electron chi connectivity index (χ3n) is 16.7. The number of benzene rings is 6. The Morgan fingerprint density at radius 1 is 0.571 bits per heavy atom. The van der Waals surface area contributed by atoms with Crippen LogP contribution in [0.5, 0.6) is 0 Å². The number of anilines is 2. The highest BCUT2D eigenvalue weighted by Crippen LogP contribution is 2.34. The van der Waals surface area contributed by atoms with Crippen LogP contribution in [0.1, 0.15) is 128 Å². The standard InChI is InChI=1S/C48H49F3N6O6.C23H33NO6.C9H7NO2/c49-48(50,51)37-10-5-7-33(28-37)31-54-45(59)36-15-17-52-43(29-36)41-30-38(56-19-2-1-3-20-56)13-14-42(41)55-46(60)35-9-4-8-34(27-35)32-57-21-16-39-40(11-6-12-44(39)57)47(61)53-18-23-62-25-26-63-24-22-58;1-23(2,3)30-22(26)10-13-28-15-17-29-16-14-27-12-5-8-21(25)19-6-4-7-20-18(19)9-11-24-20;11-9(12)7-2-1-3-8-6(7)4-5-10-8/h4-17,21,27-30,58H,1-3,18-20,22-26,31-32H2,(H,53,61)(H,54,59)(H,55,60);4,6-7,9,11,24H,5,8,10,12-17H2,1-3H3;1-5,10H,(H,11,12). The number of aromatic nitrogens is 4. The molecule has 10 aromatic rings. The summed E-state index contributed by atoms with van der Waals surface area (Å²) in [7, 11) is 0. The number of esters is 1. The lowest BCUT2D eigenvalue weighted by Gasteiger charge is -2.29. The maximum Gasteiger partial charge on any atom is 0.416 e. The molecule has 1 saturated heterocycles. The molecule has 22 nitrogen and oxygen atoms in total. The van der Waals surface area contributed by atoms with Crippen molar-refractivity contribution in [1.29, 1.82) is 0 Å². The third-order valence-corrected chi connectivity index (χ3v) is 16.7. The van der Waals surface area contributed by atoms with Gasteiger partial charge in [-0.05, 0) is 161 Å². The third kappa shape index (κ3) is 24.0. The van der Waals surface area contributed by atoms with E-state index in [1.807, 2.05) is 123 Å². The number of H-pyrrole nitrogens is 2. The number of carboxylic acid groups (broad SMARTS) is 1. The molecular formula is C80H89F3N8O14. The predicted octanol–water partition coefficient (Wildman–Crippen LogP) is 13.5. The van der Waals surface area contributed by atoms with Gasteiger partial charge in [-0.2, -0.15) is 13.2 Å². The fourth-order valence-corrected chi connectivity index (χ4v) is 11.7. The molecule has 1 fully saturated rings. The van der Waals surface area contributed by atoms with E-state index < -0.39 is 29.2 Å². The van der Waals surface area contributed by atoms with Crippen LogP contribution in [0.25, 0.3) is 44.0 Å². The summed E-state index contributed by atoms with van der Waals surface area (Å²) in [5, 5.41) is 28.8. The number of Topliss-reactive ketones (excluding diaryl/α,β-unsaturated/α-hetero) is 1. The van der Waals surface area contributed by atoms with Gasteiger partial charge in [0.2, 0.25) is 0 Å². The molecule has 4 aromatic heterocycles. The number of rotatable bonds is 33. The molecule has 1 aliphatic rings. The van der Waals surface area contributed by atoms with E-state index in [-0.39, 0.29) is 55.3 Å². The number of halogens is 3. The Morgan fingerprint density at radius 2 is 1.20 bits per heavy atom. The van der Waals surface area contributed by atoms with E-state index in [4.69, 9.17) is 38.6 Å². The van der Waals surface area contributed by atoms with Crippen LogP contribution >= 0.6 is 0 Å². The van der Waals surface area contributed by atoms with Gasteiger partial charge in [0.15, 0.2) is 5.78 Å². The van der Waals surface area contributed by atoms with Crippen LogP contribution in [-0.4, -0.2) is 163 Å². The molecule has 5 heterocycles. The second-order valence-corrected chi connectivity index (χ2v) is 25.6. The lowest BCUT2D eigenvalue weighted by molar-refractivity contribution is -0.156. The number of carbonyl (C=O) groups is 6. The minimum absolute atomic E-state index is 0.0467. The number of fused-ring (bicyclic) bond motifs is 3. The molecule has 1 aliphatic heterocycles. The van der Waals surface area contributed by atoms with Gasteiger partial charge in [-0.1, -0.05) is 48.5 Å². The molecule has 0 spiro atoms. The summed E-state index contributed by atoms with van der Waals surface area (Å²) in [6.07, 6.45) is 7.10. The van der Waals surface area contributed by atoms with Gasteiger partial charge in [-0.15, -0.1) is 0 Å². The van der Waals surface area contributed by atoms with Crippen LogP contribution in [0, 0.1) is 0 Å². The zero-order chi connectivity index (χ0) is 74.6. The van der Waals surface area contributed by atoms with Crippen molar-refractivity contribution in [2.75, 3.05) is 103 Å². The highest BCUT2D eigenvalue weighted by Gasteiger charge is 2.30. The van der Waals surface area contributed by atoms with Gasteiger partial charge in [0.05, 0.1) is 95.0 Å². The summed E-state index contributed by atoms with van der Waals surface area (Å²) in [4.78, 5) is 88.0. The van der Waals surface area contributed by atoms with Crippen molar-refractivity contribution < 1.29 is 80.6 Å². The number of carbonyl (C=O) groups excluding carboxylic acids is 5. The Balaban J connectivity index is 0.000000248. The van der Waals surface area contributed by atoms with E-state index in [0.717, 1.165) is 94.0 Å². The molecule has 0 atom stereocenters. The van der Waals surface area contributed by atoms with E-state index in [1.54, 1.807) is 42.6 Å². The Morgan fingerprint density at radius 3 is 1.90 bits per heavy atom. The number of piperidine rings is 1. The molecule has 6 aromatic carbocycles. The van der Waals surface area contributed by atoms with Crippen molar-refractivity contribution in [3.8, 4) is 11.3 Å². The summed E-state index contributed by atoms with van der Waals surface area (Å²) < 4.78 is 74.0. The average molecular weight is 1440 g/mol. The van der Waals surface area contributed by atoms with Gasteiger partial charge in [-0.3, -0.25) is 29.0 Å². The second-order valence-electron chi connectivity index (χ2n) is 25.6. The molecule has 7 N–H and O–H groups in total. The molecule has 0 aliphatic carbocycles. The van der Waals surface area contributed by atoms with Crippen molar-refractivity contribution in [1.82, 2.24) is 30.2 Å². The van der Waals surface area contributed by atoms with Crippen LogP contribution in [0.4, 0.5) is 24.5 Å². The first-order valence-corrected chi connectivity index (χ1v) is 34.9. The number of aromatic amines is 2. The van der Waals surface area contributed by atoms with E-state index in [2.05, 4.69) is 35.8 Å². The fraction of sp³-hybridized carbons (Fsp3) is 0.338. The number of aliphatic hydroxyl groups is 1. The van der Waals surface area contributed by atoms with Crippen molar-refractivity contribution in [2.45, 2.75) is 84.2 Å². The number of nitrogens with zero attached hydrogens (tertiary/aromatic N) is 3. The van der Waals surface area contributed by atoms with Crippen molar-refractivity contribution in [3.63, 3.8) is 0 Å². The summed E-state index contributed by atoms with van der Waals surface area (Å²) in [5.74, 6) is -2.08. The predicted molar refractivity (Wildman–Crippen MR) is 395 cm³/mol. The molecule has 3 amide bonds. The number of aliphatic hydroxyl groups excluding tert-OH is 1. The Kier molecular flexibility index (Phi) is 29.5. The number of nitrogens with one attached hydrogen (secondary N) is 5. The van der Waals surface area contributed by atoms with Gasteiger partial charge in [0.1, 0.15) is 5.60 Å². The molecule has 554 valence electrons. The lowest BCUT2D eigenvalue weighted by atomic mass is 10.0. The van der Waals surface area contributed by atoms with Crippen molar-refractivity contribution in [2.24, 2.45) is 0 Å². The highest BCUT2D eigenvalue weighted by atomic mass is 19.4. The number of hydrogen-bond donors (Lipinski definition) is 7. The quantitative estimate of drug-likeness (QED) is 0.0114. The van der Waals surface area contributed by atoms with E-state index in [1.165, 1.54) is 24.4 Å². The molecule has 0 radical (unpaired) electrons.